The van der Waals surface area contributed by atoms with Gasteiger partial charge in [-0.3, -0.25) is 14.7 Å². The molecule has 2 amide bonds. The van der Waals surface area contributed by atoms with Crippen LogP contribution in [0.2, 0.25) is 0 Å². The van der Waals surface area contributed by atoms with Crippen LogP contribution in [0.4, 0.5) is 17.5 Å². The number of primary amides is 2. The van der Waals surface area contributed by atoms with Gasteiger partial charge in [0.05, 0.1) is 11.7 Å². The number of nitrogens with zero attached hydrogens (tertiary/aromatic N) is 3. The number of hydrogen-bond donors (Lipinski definition) is 5. The number of aromatic nitrogens is 4. The van der Waals surface area contributed by atoms with Crippen molar-refractivity contribution in [3.05, 3.63) is 36.2 Å². The lowest BCUT2D eigenvalue weighted by atomic mass is 10.2. The molecule has 0 aliphatic carbocycles. The van der Waals surface area contributed by atoms with E-state index in [2.05, 4.69) is 30.8 Å². The summed E-state index contributed by atoms with van der Waals surface area (Å²) in [7, 11) is 0. The first-order chi connectivity index (χ1) is 12.5. The molecule has 0 spiro atoms. The monoisotopic (exact) mass is 370 g/mol. The van der Waals surface area contributed by atoms with Crippen LogP contribution >= 0.6 is 0 Å². The molecule has 1 unspecified atom stereocenters. The predicted octanol–water partition coefficient (Wildman–Crippen LogP) is 1.51. The van der Waals surface area contributed by atoms with Crippen LogP contribution < -0.4 is 22.1 Å². The van der Waals surface area contributed by atoms with E-state index in [4.69, 9.17) is 11.5 Å². The fourth-order valence-electron chi connectivity index (χ4n) is 2.41. The standard InChI is InChI=1S/C16H18N8O2.CH4/c1-2-11(14(18)26)22-16-19-7-10(13(17)25)15(23-16)21-9-3-4-12-8(5-9)6-20-24-12;/h3-7,11H,2H2,1H3,(H2,17,25)(H2,18,26)(H,20,24)(H2,19,21,22,23);1H4. The van der Waals surface area contributed by atoms with Gasteiger partial charge >= 0.3 is 0 Å². The van der Waals surface area contributed by atoms with Gasteiger partial charge in [0, 0.05) is 17.3 Å². The summed E-state index contributed by atoms with van der Waals surface area (Å²) in [5, 5.41) is 13.6. The summed E-state index contributed by atoms with van der Waals surface area (Å²) in [6, 6.07) is 4.87. The topological polar surface area (TPSA) is 165 Å². The Kier molecular flexibility index (Phi) is 5.91. The molecule has 0 aliphatic rings. The lowest BCUT2D eigenvalue weighted by Crippen LogP contribution is -2.35. The number of nitrogens with two attached hydrogens (primary N) is 2. The highest BCUT2D eigenvalue weighted by atomic mass is 16.1. The fraction of sp³-hybridized carbons (Fsp3) is 0.235. The van der Waals surface area contributed by atoms with Crippen LogP contribution in [0.25, 0.3) is 10.9 Å². The van der Waals surface area contributed by atoms with Gasteiger partial charge in [-0.25, -0.2) is 4.98 Å². The molecule has 1 atom stereocenters. The van der Waals surface area contributed by atoms with Crippen molar-refractivity contribution >= 4 is 40.2 Å². The Morgan fingerprint density at radius 1 is 1.26 bits per heavy atom. The van der Waals surface area contributed by atoms with Crippen molar-refractivity contribution in [2.45, 2.75) is 26.8 Å². The smallest absolute Gasteiger partial charge is 0.254 e. The molecule has 142 valence electrons. The summed E-state index contributed by atoms with van der Waals surface area (Å²) >= 11 is 0. The van der Waals surface area contributed by atoms with E-state index in [1.165, 1.54) is 6.20 Å². The number of hydrogen-bond acceptors (Lipinski definition) is 7. The van der Waals surface area contributed by atoms with Gasteiger partial charge in [-0.15, -0.1) is 0 Å². The molecule has 0 saturated heterocycles. The summed E-state index contributed by atoms with van der Waals surface area (Å²) in [5.74, 6) is -0.815. The fourth-order valence-corrected chi connectivity index (χ4v) is 2.41. The zero-order valence-corrected chi connectivity index (χ0v) is 14.0. The van der Waals surface area contributed by atoms with Crippen molar-refractivity contribution in [2.75, 3.05) is 10.6 Å². The Hall–Kier alpha value is -3.69. The van der Waals surface area contributed by atoms with Gasteiger partial charge in [0.2, 0.25) is 11.9 Å². The van der Waals surface area contributed by atoms with Crippen molar-refractivity contribution < 1.29 is 9.59 Å². The third-order valence-corrected chi connectivity index (χ3v) is 3.81. The predicted molar refractivity (Wildman–Crippen MR) is 104 cm³/mol. The molecule has 10 heteroatoms. The Bertz CT molecular complexity index is 968. The van der Waals surface area contributed by atoms with E-state index in [1.54, 1.807) is 19.2 Å². The highest BCUT2D eigenvalue weighted by molar-refractivity contribution is 5.98. The molecule has 2 aromatic heterocycles. The number of H-pyrrole nitrogens is 1. The van der Waals surface area contributed by atoms with Crippen LogP contribution in [0, 0.1) is 0 Å². The van der Waals surface area contributed by atoms with Crippen LogP contribution in [0.15, 0.2) is 30.6 Å². The molecule has 27 heavy (non-hydrogen) atoms. The molecule has 2 heterocycles. The minimum atomic E-state index is -0.676. The van der Waals surface area contributed by atoms with E-state index >= 15 is 0 Å². The van der Waals surface area contributed by atoms with E-state index in [0.29, 0.717) is 12.1 Å². The largest absolute Gasteiger partial charge is 0.368 e. The van der Waals surface area contributed by atoms with Crippen LogP contribution in [0.3, 0.4) is 0 Å². The molecule has 0 bridgehead atoms. The summed E-state index contributed by atoms with van der Waals surface area (Å²) in [5.41, 5.74) is 12.4. The molecular formula is C17H22N8O2. The van der Waals surface area contributed by atoms with Crippen molar-refractivity contribution in [2.24, 2.45) is 11.5 Å². The summed E-state index contributed by atoms with van der Waals surface area (Å²) in [6.45, 7) is 1.81. The molecule has 0 fully saturated rings. The highest BCUT2D eigenvalue weighted by Crippen LogP contribution is 2.23. The summed E-state index contributed by atoms with van der Waals surface area (Å²) in [6.07, 6.45) is 3.45. The number of carbonyl (C=O) groups is 2. The number of amides is 2. The van der Waals surface area contributed by atoms with Gasteiger partial charge in [0.1, 0.15) is 17.4 Å². The second kappa shape index (κ2) is 8.13. The third-order valence-electron chi connectivity index (χ3n) is 3.81. The van der Waals surface area contributed by atoms with Gasteiger partial charge in [0.15, 0.2) is 0 Å². The van der Waals surface area contributed by atoms with Crippen molar-refractivity contribution in [1.82, 2.24) is 20.2 Å². The second-order valence-electron chi connectivity index (χ2n) is 5.62. The lowest BCUT2D eigenvalue weighted by Gasteiger charge is -2.15. The Balaban J connectivity index is 0.00000261. The summed E-state index contributed by atoms with van der Waals surface area (Å²) < 4.78 is 0. The summed E-state index contributed by atoms with van der Waals surface area (Å²) in [4.78, 5) is 31.4. The second-order valence-corrected chi connectivity index (χ2v) is 5.62. The number of benzene rings is 1. The van der Waals surface area contributed by atoms with Gasteiger partial charge in [-0.2, -0.15) is 10.1 Å². The molecule has 0 radical (unpaired) electrons. The Morgan fingerprint density at radius 2 is 2.04 bits per heavy atom. The zero-order valence-electron chi connectivity index (χ0n) is 14.0. The maximum absolute atomic E-state index is 11.7. The number of carbonyl (C=O) groups excluding carboxylic acids is 2. The number of fused-ring (bicyclic) bond motifs is 1. The molecule has 3 rings (SSSR count). The maximum atomic E-state index is 11.7. The molecular weight excluding hydrogens is 348 g/mol. The molecule has 0 aliphatic heterocycles. The van der Waals surface area contributed by atoms with Gasteiger partial charge in [-0.1, -0.05) is 14.4 Å². The minimum absolute atomic E-state index is 0. The van der Waals surface area contributed by atoms with Crippen molar-refractivity contribution in [3.63, 3.8) is 0 Å². The third kappa shape index (κ3) is 4.29. The average Bonchev–Trinajstić information content (AvgIpc) is 3.07. The van der Waals surface area contributed by atoms with Crippen LogP contribution in [-0.2, 0) is 4.79 Å². The first-order valence-corrected chi connectivity index (χ1v) is 7.90. The molecule has 1 aromatic carbocycles. The van der Waals surface area contributed by atoms with Gasteiger partial charge in [0.25, 0.3) is 5.91 Å². The molecule has 3 aromatic rings. The van der Waals surface area contributed by atoms with E-state index in [-0.39, 0.29) is 24.8 Å². The number of rotatable bonds is 7. The highest BCUT2D eigenvalue weighted by Gasteiger charge is 2.17. The van der Waals surface area contributed by atoms with E-state index in [0.717, 1.165) is 10.9 Å². The van der Waals surface area contributed by atoms with E-state index < -0.39 is 17.9 Å². The van der Waals surface area contributed by atoms with Crippen LogP contribution in [-0.4, -0.2) is 38.0 Å². The zero-order chi connectivity index (χ0) is 18.7. The van der Waals surface area contributed by atoms with Crippen LogP contribution in [0.1, 0.15) is 31.1 Å². The molecule has 7 N–H and O–H groups in total. The Morgan fingerprint density at radius 3 is 2.70 bits per heavy atom. The lowest BCUT2D eigenvalue weighted by molar-refractivity contribution is -0.118. The maximum Gasteiger partial charge on any atom is 0.254 e. The normalized spacial score (nSPS) is 11.4. The van der Waals surface area contributed by atoms with Gasteiger partial charge < -0.3 is 22.1 Å². The molecule has 0 saturated carbocycles. The van der Waals surface area contributed by atoms with Gasteiger partial charge in [-0.05, 0) is 24.6 Å². The number of aromatic amines is 1. The Labute approximate surface area is 155 Å². The van der Waals surface area contributed by atoms with Crippen molar-refractivity contribution in [1.29, 1.82) is 0 Å². The van der Waals surface area contributed by atoms with E-state index in [1.807, 2.05) is 12.1 Å². The van der Waals surface area contributed by atoms with E-state index in [9.17, 15) is 9.59 Å². The quantitative estimate of drug-likeness (QED) is 0.420. The van der Waals surface area contributed by atoms with Crippen LogP contribution in [0.5, 0.6) is 0 Å². The first-order valence-electron chi connectivity index (χ1n) is 7.90. The average molecular weight is 370 g/mol. The number of nitrogens with one attached hydrogen (secondary N) is 3. The van der Waals surface area contributed by atoms with Crippen molar-refractivity contribution in [3.8, 4) is 0 Å². The number of anilines is 3. The SMILES string of the molecule is C.CCC(Nc1ncc(C(N)=O)c(Nc2ccc3[nH]ncc3c2)n1)C(N)=O. The molecule has 10 nitrogen and oxygen atoms in total. The minimum Gasteiger partial charge on any atom is -0.368 e. The first kappa shape index (κ1) is 19.6.